The summed E-state index contributed by atoms with van der Waals surface area (Å²) in [6.45, 7) is 5.01. The van der Waals surface area contributed by atoms with Crippen LogP contribution in [0, 0.1) is 25.7 Å². The second kappa shape index (κ2) is 5.13. The van der Waals surface area contributed by atoms with Crippen molar-refractivity contribution >= 4 is 11.3 Å². The Labute approximate surface area is 104 Å². The quantitative estimate of drug-likeness (QED) is 0.813. The normalized spacial score (nSPS) is 10.1. The lowest BCUT2D eigenvalue weighted by atomic mass is 10.4. The van der Waals surface area contributed by atoms with Crippen molar-refractivity contribution in [2.45, 2.75) is 20.4 Å². The van der Waals surface area contributed by atoms with E-state index < -0.39 is 0 Å². The van der Waals surface area contributed by atoms with Gasteiger partial charge in [0.2, 0.25) is 0 Å². The molecule has 4 nitrogen and oxygen atoms in total. The molecule has 17 heavy (non-hydrogen) atoms. The van der Waals surface area contributed by atoms with Crippen molar-refractivity contribution in [3.05, 3.63) is 33.5 Å². The summed E-state index contributed by atoms with van der Waals surface area (Å²) < 4.78 is 1.90. The van der Waals surface area contributed by atoms with E-state index in [4.69, 9.17) is 5.73 Å². The van der Waals surface area contributed by atoms with Gasteiger partial charge in [-0.05, 0) is 26.0 Å². The van der Waals surface area contributed by atoms with Gasteiger partial charge in [-0.1, -0.05) is 11.8 Å². The predicted octanol–water partition coefficient (Wildman–Crippen LogP) is 1.31. The fraction of sp³-hybridized carbons (Fsp3) is 0.333. The monoisotopic (exact) mass is 246 g/mol. The molecule has 0 spiro atoms. The Morgan fingerprint density at radius 1 is 1.41 bits per heavy atom. The molecule has 5 heteroatoms. The Bertz CT molecular complexity index is 571. The van der Waals surface area contributed by atoms with E-state index in [1.54, 1.807) is 11.3 Å². The van der Waals surface area contributed by atoms with Crippen molar-refractivity contribution in [1.29, 1.82) is 0 Å². The van der Waals surface area contributed by atoms with E-state index in [0.717, 1.165) is 23.1 Å². The van der Waals surface area contributed by atoms with Gasteiger partial charge in [-0.3, -0.25) is 0 Å². The Balaban J connectivity index is 2.14. The van der Waals surface area contributed by atoms with E-state index in [2.05, 4.69) is 28.0 Å². The van der Waals surface area contributed by atoms with Gasteiger partial charge in [-0.2, -0.15) is 5.10 Å². The zero-order valence-corrected chi connectivity index (χ0v) is 10.7. The van der Waals surface area contributed by atoms with Crippen molar-refractivity contribution in [3.63, 3.8) is 0 Å². The largest absolute Gasteiger partial charge is 0.320 e. The number of thiophene rings is 1. The zero-order chi connectivity index (χ0) is 12.3. The van der Waals surface area contributed by atoms with Crippen LogP contribution < -0.4 is 5.73 Å². The van der Waals surface area contributed by atoms with Gasteiger partial charge < -0.3 is 5.73 Å². The van der Waals surface area contributed by atoms with Crippen LogP contribution in [0.4, 0.5) is 0 Å². The lowest BCUT2D eigenvalue weighted by Crippen LogP contribution is -2.02. The summed E-state index contributed by atoms with van der Waals surface area (Å²) in [5.74, 6) is 7.62. The molecule has 2 N–H and O–H groups in total. The van der Waals surface area contributed by atoms with Gasteiger partial charge in [-0.15, -0.1) is 11.3 Å². The van der Waals surface area contributed by atoms with E-state index in [-0.39, 0.29) is 0 Å². The van der Waals surface area contributed by atoms with Crippen LogP contribution in [0.2, 0.25) is 0 Å². The average molecular weight is 246 g/mol. The van der Waals surface area contributed by atoms with Gasteiger partial charge >= 0.3 is 0 Å². The first-order valence-electron chi connectivity index (χ1n) is 5.34. The Morgan fingerprint density at radius 2 is 2.24 bits per heavy atom. The van der Waals surface area contributed by atoms with Crippen molar-refractivity contribution in [3.8, 4) is 11.8 Å². The summed E-state index contributed by atoms with van der Waals surface area (Å²) in [5.41, 5.74) is 5.34. The molecule has 0 fully saturated rings. The molecule has 0 saturated heterocycles. The van der Waals surface area contributed by atoms with Gasteiger partial charge in [0.15, 0.2) is 0 Å². The van der Waals surface area contributed by atoms with Crippen molar-refractivity contribution in [2.24, 2.45) is 5.73 Å². The number of hydrogen-bond donors (Lipinski definition) is 1. The van der Waals surface area contributed by atoms with Crippen LogP contribution in [0.1, 0.15) is 21.4 Å². The zero-order valence-electron chi connectivity index (χ0n) is 9.90. The second-order valence-corrected chi connectivity index (χ2v) is 4.80. The first-order valence-corrected chi connectivity index (χ1v) is 6.16. The number of nitrogens with two attached hydrogens (primary N) is 1. The van der Waals surface area contributed by atoms with Gasteiger partial charge in [0.05, 0.1) is 18.0 Å². The molecule has 0 bridgehead atoms. The summed E-state index contributed by atoms with van der Waals surface area (Å²) in [4.78, 5) is 6.54. The Hall–Kier alpha value is -1.64. The summed E-state index contributed by atoms with van der Waals surface area (Å²) in [6, 6.07) is 4.09. The molecule has 0 saturated carbocycles. The van der Waals surface area contributed by atoms with E-state index in [1.165, 1.54) is 4.88 Å². The summed E-state index contributed by atoms with van der Waals surface area (Å²) in [7, 11) is 0. The minimum Gasteiger partial charge on any atom is -0.320 e. The molecule has 2 rings (SSSR count). The third-order valence-electron chi connectivity index (χ3n) is 2.24. The highest BCUT2D eigenvalue weighted by atomic mass is 32.1. The van der Waals surface area contributed by atoms with Crippen molar-refractivity contribution in [2.75, 3.05) is 6.54 Å². The fourth-order valence-corrected chi connectivity index (χ4v) is 2.39. The maximum atomic E-state index is 5.34. The van der Waals surface area contributed by atoms with Gasteiger partial charge in [0.25, 0.3) is 0 Å². The van der Waals surface area contributed by atoms with Crippen molar-refractivity contribution < 1.29 is 0 Å². The Kier molecular flexibility index (Phi) is 3.57. The highest BCUT2D eigenvalue weighted by molar-refractivity contribution is 7.12. The maximum Gasteiger partial charge on any atom is 0.147 e. The smallest absolute Gasteiger partial charge is 0.147 e. The van der Waals surface area contributed by atoms with Gasteiger partial charge in [-0.25, -0.2) is 9.67 Å². The molecule has 2 aromatic rings. The minimum atomic E-state index is 0.397. The molecule has 0 unspecified atom stereocenters. The van der Waals surface area contributed by atoms with Gasteiger partial charge in [0.1, 0.15) is 11.6 Å². The van der Waals surface area contributed by atoms with E-state index in [1.807, 2.05) is 24.6 Å². The van der Waals surface area contributed by atoms with Crippen LogP contribution >= 0.6 is 11.3 Å². The first kappa shape index (κ1) is 11.8. The molecule has 2 aromatic heterocycles. The standard InChI is InChI=1S/C12H14N4S/c1-9-14-10(2)16(15-9)8-12-6-5-11(17-12)4-3-7-13/h5-6H,7-8,13H2,1-2H3. The topological polar surface area (TPSA) is 56.7 Å². The third kappa shape index (κ3) is 2.93. The SMILES string of the molecule is Cc1nc(C)n(Cc2ccc(C#CCN)s2)n1. The lowest BCUT2D eigenvalue weighted by Gasteiger charge is -1.99. The molecule has 0 aliphatic heterocycles. The number of aromatic nitrogens is 3. The van der Waals surface area contributed by atoms with E-state index >= 15 is 0 Å². The van der Waals surface area contributed by atoms with Crippen LogP contribution in [0.3, 0.4) is 0 Å². The van der Waals surface area contributed by atoms with Crippen molar-refractivity contribution in [1.82, 2.24) is 14.8 Å². The van der Waals surface area contributed by atoms with Crippen LogP contribution in [0.5, 0.6) is 0 Å². The second-order valence-electron chi connectivity index (χ2n) is 3.64. The maximum absolute atomic E-state index is 5.34. The van der Waals surface area contributed by atoms with Crippen LogP contribution in [0.25, 0.3) is 0 Å². The molecular formula is C12H14N4S. The molecule has 0 amide bonds. The van der Waals surface area contributed by atoms with Gasteiger partial charge in [0, 0.05) is 4.88 Å². The number of rotatable bonds is 2. The lowest BCUT2D eigenvalue weighted by molar-refractivity contribution is 0.663. The first-order chi connectivity index (χ1) is 8.19. The molecule has 88 valence electrons. The molecule has 0 aliphatic carbocycles. The van der Waals surface area contributed by atoms with E-state index in [0.29, 0.717) is 6.54 Å². The predicted molar refractivity (Wildman–Crippen MR) is 68.8 cm³/mol. The molecule has 0 aliphatic rings. The third-order valence-corrected chi connectivity index (χ3v) is 3.23. The van der Waals surface area contributed by atoms with Crippen LogP contribution in [-0.4, -0.2) is 21.3 Å². The number of hydrogen-bond acceptors (Lipinski definition) is 4. The van der Waals surface area contributed by atoms with Crippen LogP contribution in [0.15, 0.2) is 12.1 Å². The fourth-order valence-electron chi connectivity index (χ4n) is 1.53. The highest BCUT2D eigenvalue weighted by Crippen LogP contribution is 2.16. The molecule has 0 aromatic carbocycles. The molecular weight excluding hydrogens is 232 g/mol. The number of nitrogens with zero attached hydrogens (tertiary/aromatic N) is 3. The number of aryl methyl sites for hydroxylation is 2. The summed E-state index contributed by atoms with van der Waals surface area (Å²) in [5, 5.41) is 4.33. The molecule has 2 heterocycles. The molecule has 0 radical (unpaired) electrons. The minimum absolute atomic E-state index is 0.397. The summed E-state index contributed by atoms with van der Waals surface area (Å²) in [6.07, 6.45) is 0. The van der Waals surface area contributed by atoms with Crippen LogP contribution in [-0.2, 0) is 6.54 Å². The average Bonchev–Trinajstić information content (AvgIpc) is 2.84. The van der Waals surface area contributed by atoms with E-state index in [9.17, 15) is 0 Å². The highest BCUT2D eigenvalue weighted by Gasteiger charge is 2.05. The molecule has 0 atom stereocenters. The Morgan fingerprint density at radius 3 is 2.88 bits per heavy atom. The summed E-state index contributed by atoms with van der Waals surface area (Å²) >= 11 is 1.67.